The predicted octanol–water partition coefficient (Wildman–Crippen LogP) is 0.863. The van der Waals surface area contributed by atoms with E-state index >= 15 is 0 Å². The molecule has 0 amide bonds. The van der Waals surface area contributed by atoms with E-state index in [-0.39, 0.29) is 22.8 Å². The second kappa shape index (κ2) is 4.43. The standard InChI is InChI=1S/C13H17N5O2/c1-13(7-19)4-2-8(3-5-13)10-15-6-9-11(20)16-12(14)17-18(9)10/h6-8H,2-5H2,1H3,(H3,14,16,17,20). The Morgan fingerprint density at radius 3 is 2.85 bits per heavy atom. The third kappa shape index (κ3) is 1.99. The van der Waals surface area contributed by atoms with Crippen molar-refractivity contribution in [3.8, 4) is 0 Å². The number of carbonyl (C=O) groups excluding carboxylic acids is 1. The molecule has 0 spiro atoms. The highest BCUT2D eigenvalue weighted by molar-refractivity contribution is 5.58. The summed E-state index contributed by atoms with van der Waals surface area (Å²) in [5.41, 5.74) is 5.47. The van der Waals surface area contributed by atoms with Crippen LogP contribution in [0.15, 0.2) is 11.0 Å². The summed E-state index contributed by atoms with van der Waals surface area (Å²) in [5.74, 6) is 1.04. The third-order valence-corrected chi connectivity index (χ3v) is 4.22. The van der Waals surface area contributed by atoms with Crippen molar-refractivity contribution in [2.75, 3.05) is 5.73 Å². The number of aromatic nitrogens is 4. The molecule has 1 fully saturated rings. The van der Waals surface area contributed by atoms with Crippen LogP contribution in [0.2, 0.25) is 0 Å². The first-order valence-electron chi connectivity index (χ1n) is 6.72. The number of aromatic amines is 1. The van der Waals surface area contributed by atoms with E-state index in [1.165, 1.54) is 10.7 Å². The zero-order chi connectivity index (χ0) is 14.3. The van der Waals surface area contributed by atoms with Crippen molar-refractivity contribution in [3.63, 3.8) is 0 Å². The molecule has 0 radical (unpaired) electrons. The molecule has 1 aliphatic rings. The van der Waals surface area contributed by atoms with Gasteiger partial charge in [0, 0.05) is 11.3 Å². The summed E-state index contributed by atoms with van der Waals surface area (Å²) in [6.07, 6.45) is 5.96. The number of nitrogen functional groups attached to an aromatic ring is 1. The lowest BCUT2D eigenvalue weighted by atomic mass is 9.72. The van der Waals surface area contributed by atoms with Crippen LogP contribution < -0.4 is 11.3 Å². The van der Waals surface area contributed by atoms with Crippen LogP contribution in [0.3, 0.4) is 0 Å². The second-order valence-corrected chi connectivity index (χ2v) is 5.80. The average Bonchev–Trinajstić information content (AvgIpc) is 2.84. The lowest BCUT2D eigenvalue weighted by Gasteiger charge is -2.32. The lowest BCUT2D eigenvalue weighted by Crippen LogP contribution is -2.26. The SMILES string of the molecule is CC1(C=O)CCC(c2ncc3c(=O)[nH]c(N)nn23)CC1. The van der Waals surface area contributed by atoms with Crippen LogP contribution in [-0.4, -0.2) is 25.9 Å². The molecule has 7 heteroatoms. The number of nitrogens with zero attached hydrogens (tertiary/aromatic N) is 3. The highest BCUT2D eigenvalue weighted by Gasteiger charge is 2.33. The average molecular weight is 275 g/mol. The smallest absolute Gasteiger partial charge is 0.278 e. The molecule has 2 aromatic rings. The molecule has 3 N–H and O–H groups in total. The molecule has 2 aromatic heterocycles. The van der Waals surface area contributed by atoms with E-state index in [1.807, 2.05) is 6.92 Å². The van der Waals surface area contributed by atoms with Crippen LogP contribution >= 0.6 is 0 Å². The molecule has 20 heavy (non-hydrogen) atoms. The Kier molecular flexibility index (Phi) is 2.84. The largest absolute Gasteiger partial charge is 0.368 e. The Morgan fingerprint density at radius 1 is 1.50 bits per heavy atom. The summed E-state index contributed by atoms with van der Waals surface area (Å²) in [6.45, 7) is 1.99. The van der Waals surface area contributed by atoms with E-state index in [1.54, 1.807) is 0 Å². The first-order chi connectivity index (χ1) is 9.52. The minimum atomic E-state index is -0.287. The number of H-pyrrole nitrogens is 1. The molecular formula is C13H17N5O2. The number of hydrogen-bond donors (Lipinski definition) is 2. The number of nitrogens with two attached hydrogens (primary N) is 1. The summed E-state index contributed by atoms with van der Waals surface area (Å²) < 4.78 is 1.53. The molecule has 0 unspecified atom stereocenters. The molecule has 0 bridgehead atoms. The topological polar surface area (TPSA) is 106 Å². The van der Waals surface area contributed by atoms with Crippen molar-refractivity contribution in [3.05, 3.63) is 22.4 Å². The van der Waals surface area contributed by atoms with Crippen molar-refractivity contribution >= 4 is 17.8 Å². The predicted molar refractivity (Wildman–Crippen MR) is 73.4 cm³/mol. The Hall–Kier alpha value is -2.18. The number of carbonyl (C=O) groups is 1. The number of aldehydes is 1. The summed E-state index contributed by atoms with van der Waals surface area (Å²) in [7, 11) is 0. The Labute approximate surface area is 115 Å². The van der Waals surface area contributed by atoms with Crippen LogP contribution in [0.25, 0.3) is 5.52 Å². The summed E-state index contributed by atoms with van der Waals surface area (Å²) >= 11 is 0. The van der Waals surface area contributed by atoms with Crippen molar-refractivity contribution in [1.29, 1.82) is 0 Å². The van der Waals surface area contributed by atoms with Crippen LogP contribution in [0.1, 0.15) is 44.3 Å². The molecular weight excluding hydrogens is 258 g/mol. The van der Waals surface area contributed by atoms with Crippen molar-refractivity contribution in [1.82, 2.24) is 19.6 Å². The van der Waals surface area contributed by atoms with Gasteiger partial charge < -0.3 is 10.5 Å². The molecule has 3 rings (SSSR count). The molecule has 0 aromatic carbocycles. The van der Waals surface area contributed by atoms with E-state index in [0.29, 0.717) is 5.52 Å². The van der Waals surface area contributed by atoms with E-state index < -0.39 is 0 Å². The molecule has 1 saturated carbocycles. The quantitative estimate of drug-likeness (QED) is 0.791. The minimum absolute atomic E-state index is 0.0790. The Balaban J connectivity index is 1.96. The maximum absolute atomic E-state index is 11.8. The fourth-order valence-electron chi connectivity index (χ4n) is 2.86. The Bertz CT molecular complexity index is 709. The van der Waals surface area contributed by atoms with Gasteiger partial charge in [-0.3, -0.25) is 9.78 Å². The minimum Gasteiger partial charge on any atom is -0.368 e. The molecule has 0 aliphatic heterocycles. The summed E-state index contributed by atoms with van der Waals surface area (Å²) in [5, 5.41) is 4.13. The van der Waals surface area contributed by atoms with Gasteiger partial charge in [-0.2, -0.15) is 0 Å². The zero-order valence-electron chi connectivity index (χ0n) is 11.3. The molecule has 7 nitrogen and oxygen atoms in total. The normalized spacial score (nSPS) is 26.8. The third-order valence-electron chi connectivity index (χ3n) is 4.22. The van der Waals surface area contributed by atoms with Gasteiger partial charge in [0.05, 0.1) is 6.20 Å². The maximum atomic E-state index is 11.8. The van der Waals surface area contributed by atoms with Gasteiger partial charge in [0.1, 0.15) is 12.1 Å². The van der Waals surface area contributed by atoms with Crippen molar-refractivity contribution in [2.45, 2.75) is 38.5 Å². The number of hydrogen-bond acceptors (Lipinski definition) is 5. The van der Waals surface area contributed by atoms with Gasteiger partial charge in [-0.15, -0.1) is 5.10 Å². The van der Waals surface area contributed by atoms with Crippen LogP contribution in [0, 0.1) is 5.41 Å². The van der Waals surface area contributed by atoms with Gasteiger partial charge >= 0.3 is 0 Å². The van der Waals surface area contributed by atoms with Crippen LogP contribution in [0.5, 0.6) is 0 Å². The molecule has 2 heterocycles. The van der Waals surface area contributed by atoms with Crippen LogP contribution in [-0.2, 0) is 4.79 Å². The van der Waals surface area contributed by atoms with E-state index in [4.69, 9.17) is 5.73 Å². The number of anilines is 1. The van der Waals surface area contributed by atoms with E-state index in [2.05, 4.69) is 15.1 Å². The molecule has 0 atom stereocenters. The number of fused-ring (bicyclic) bond motifs is 1. The van der Waals surface area contributed by atoms with Gasteiger partial charge in [0.25, 0.3) is 5.56 Å². The first kappa shape index (κ1) is 12.8. The number of rotatable bonds is 2. The van der Waals surface area contributed by atoms with E-state index in [0.717, 1.165) is 37.8 Å². The van der Waals surface area contributed by atoms with Crippen molar-refractivity contribution < 1.29 is 4.79 Å². The van der Waals surface area contributed by atoms with Gasteiger partial charge in [0.15, 0.2) is 5.52 Å². The lowest BCUT2D eigenvalue weighted by molar-refractivity contribution is -0.117. The monoisotopic (exact) mass is 275 g/mol. The van der Waals surface area contributed by atoms with Crippen molar-refractivity contribution in [2.24, 2.45) is 5.41 Å². The fourth-order valence-corrected chi connectivity index (χ4v) is 2.86. The fraction of sp³-hybridized carbons (Fsp3) is 0.538. The zero-order valence-corrected chi connectivity index (χ0v) is 11.3. The molecule has 1 aliphatic carbocycles. The maximum Gasteiger partial charge on any atom is 0.278 e. The summed E-state index contributed by atoms with van der Waals surface area (Å²) in [4.78, 5) is 29.6. The van der Waals surface area contributed by atoms with E-state index in [9.17, 15) is 9.59 Å². The first-order valence-corrected chi connectivity index (χ1v) is 6.72. The van der Waals surface area contributed by atoms with Gasteiger partial charge in [-0.25, -0.2) is 9.50 Å². The number of nitrogens with one attached hydrogen (secondary N) is 1. The van der Waals surface area contributed by atoms with Gasteiger partial charge in [-0.05, 0) is 25.7 Å². The summed E-state index contributed by atoms with van der Waals surface area (Å²) in [6, 6.07) is 0. The molecule has 0 saturated heterocycles. The molecule has 106 valence electrons. The highest BCUT2D eigenvalue weighted by atomic mass is 16.1. The highest BCUT2D eigenvalue weighted by Crippen LogP contribution is 2.40. The number of imidazole rings is 1. The van der Waals surface area contributed by atoms with Gasteiger partial charge in [0.2, 0.25) is 5.95 Å². The van der Waals surface area contributed by atoms with Gasteiger partial charge in [-0.1, -0.05) is 6.92 Å². The second-order valence-electron chi connectivity index (χ2n) is 5.80. The van der Waals surface area contributed by atoms with Crippen LogP contribution in [0.4, 0.5) is 5.95 Å². The Morgan fingerprint density at radius 2 is 2.20 bits per heavy atom.